The topological polar surface area (TPSA) is 6.48 Å². The SMILES string of the molecule is CC.CC.CC.CC.CC.CC.CC.CC.CC.CC.CC.CC.CC.CC.CC.CC.CC.c1ccc(-c2c(-c3ccccc3)c(-c3ccccc3)c(N(c3ccccc3)c3ccccc3)c(-c3ccccc3)c2-c2ccccc2)cc1.c1ccc(-c2cc(-c3ccccc3)c(N(c3ccccc3)c3ccccc3)c(-c3ccccc3)c2)cc1. The Morgan fingerprint density at radius 1 is 0.117 bits per heavy atom. The van der Waals surface area contributed by atoms with Crippen LogP contribution in [0.2, 0.25) is 0 Å². The first-order chi connectivity index (χ1) is 59.8. The highest BCUT2D eigenvalue weighted by Gasteiger charge is 2.32. The first-order valence-corrected chi connectivity index (χ1v) is 46.4. The zero-order valence-corrected chi connectivity index (χ0v) is 81.7. The minimum absolute atomic E-state index is 1.09. The van der Waals surface area contributed by atoms with E-state index in [2.05, 4.69) is 386 Å². The number of nitrogens with zero attached hydrogens (tertiary/aromatic N) is 2. The van der Waals surface area contributed by atoms with Crippen molar-refractivity contribution in [2.45, 2.75) is 235 Å². The quantitative estimate of drug-likeness (QED) is 0.107. The molecule has 14 aromatic carbocycles. The normalized spacial score (nSPS) is 8.58. The van der Waals surface area contributed by atoms with E-state index in [1.54, 1.807) is 0 Å². The average Bonchev–Trinajstić information content (AvgIpc) is 0.711. The fraction of sp³-hybridized carbons (Fsp3) is 0.288. The van der Waals surface area contributed by atoms with Gasteiger partial charge in [-0.15, -0.1) is 0 Å². The van der Waals surface area contributed by atoms with Crippen molar-refractivity contribution in [1.82, 2.24) is 0 Å². The number of anilines is 6. The molecule has 14 aromatic rings. The molecule has 0 N–H and O–H groups in total. The van der Waals surface area contributed by atoms with Crippen molar-refractivity contribution in [3.8, 4) is 89.0 Å². The lowest BCUT2D eigenvalue weighted by molar-refractivity contribution is 1.28. The summed E-state index contributed by atoms with van der Waals surface area (Å²) in [5.41, 5.74) is 25.6. The van der Waals surface area contributed by atoms with Gasteiger partial charge in [0.25, 0.3) is 0 Å². The number of hydrogen-bond donors (Lipinski definition) is 0. The molecule has 2 nitrogen and oxygen atoms in total. The Morgan fingerprint density at radius 3 is 0.433 bits per heavy atom. The van der Waals surface area contributed by atoms with Crippen LogP contribution in [0.15, 0.2) is 376 Å². The summed E-state index contributed by atoms with van der Waals surface area (Å²) in [4.78, 5) is 4.84. The van der Waals surface area contributed by atoms with Gasteiger partial charge in [-0.1, -0.05) is 551 Å². The van der Waals surface area contributed by atoms with Crippen LogP contribution in [0.3, 0.4) is 0 Å². The molecule has 0 amide bonds. The maximum Gasteiger partial charge on any atom is 0.0631 e. The minimum Gasteiger partial charge on any atom is -0.309 e. The van der Waals surface area contributed by atoms with Crippen LogP contribution in [-0.2, 0) is 0 Å². The van der Waals surface area contributed by atoms with Crippen molar-refractivity contribution >= 4 is 34.1 Å². The molecule has 0 spiro atoms. The van der Waals surface area contributed by atoms with E-state index in [9.17, 15) is 0 Å². The van der Waals surface area contributed by atoms with Crippen molar-refractivity contribution in [2.24, 2.45) is 0 Å². The minimum atomic E-state index is 1.09. The Balaban J connectivity index is -0.000000552. The Bertz CT molecular complexity index is 4180. The van der Waals surface area contributed by atoms with Crippen LogP contribution in [-0.4, -0.2) is 0 Å². The molecule has 0 heterocycles. The van der Waals surface area contributed by atoms with Crippen molar-refractivity contribution < 1.29 is 0 Å². The highest BCUT2D eigenvalue weighted by molar-refractivity contribution is 6.16. The molecule has 0 fully saturated rings. The molecule has 0 aliphatic rings. The molecule has 0 aromatic heterocycles. The monoisotopic (exact) mass is 1610 g/mol. The van der Waals surface area contributed by atoms with Crippen molar-refractivity contribution in [3.63, 3.8) is 0 Å². The summed E-state index contributed by atoms with van der Waals surface area (Å²) < 4.78 is 0. The predicted octanol–water partition coefficient (Wildman–Crippen LogP) is 41.1. The van der Waals surface area contributed by atoms with Crippen LogP contribution < -0.4 is 9.80 Å². The maximum atomic E-state index is 2.46. The third-order valence-corrected chi connectivity index (χ3v) is 15.7. The summed E-state index contributed by atoms with van der Waals surface area (Å²) in [6.07, 6.45) is 0. The first kappa shape index (κ1) is 117. The third-order valence-electron chi connectivity index (χ3n) is 15.7. The summed E-state index contributed by atoms with van der Waals surface area (Å²) >= 11 is 0. The molecule has 0 aliphatic heterocycles. The van der Waals surface area contributed by atoms with E-state index in [1.165, 1.54) is 77.9 Å². The summed E-state index contributed by atoms with van der Waals surface area (Å²) in [5, 5.41) is 0. The van der Waals surface area contributed by atoms with Gasteiger partial charge in [-0.25, -0.2) is 0 Å². The van der Waals surface area contributed by atoms with Crippen LogP contribution in [0.25, 0.3) is 89.0 Å². The Morgan fingerprint density at radius 2 is 0.250 bits per heavy atom. The molecule has 0 aliphatic carbocycles. The molecule has 0 radical (unpaired) electrons. The Labute approximate surface area is 739 Å². The van der Waals surface area contributed by atoms with Gasteiger partial charge in [-0.2, -0.15) is 0 Å². The van der Waals surface area contributed by atoms with E-state index in [4.69, 9.17) is 0 Å². The molecule has 0 bridgehead atoms. The van der Waals surface area contributed by atoms with Gasteiger partial charge in [-0.05, 0) is 116 Å². The summed E-state index contributed by atoms with van der Waals surface area (Å²) in [5.74, 6) is 0. The van der Waals surface area contributed by atoms with Crippen LogP contribution >= 0.6 is 0 Å². The molecule has 0 saturated heterocycles. The second kappa shape index (κ2) is 81.4. The molecule has 2 heteroatoms. The summed E-state index contributed by atoms with van der Waals surface area (Å²) in [6.45, 7) is 68.0. The van der Waals surface area contributed by atoms with Gasteiger partial charge in [0.15, 0.2) is 0 Å². The van der Waals surface area contributed by atoms with Crippen molar-refractivity contribution in [1.29, 1.82) is 0 Å². The Kier molecular flexibility index (Phi) is 79.5. The fourth-order valence-electron chi connectivity index (χ4n) is 11.9. The number of para-hydroxylation sites is 4. The van der Waals surface area contributed by atoms with Crippen molar-refractivity contribution in [3.05, 3.63) is 376 Å². The van der Waals surface area contributed by atoms with Crippen LogP contribution in [0.4, 0.5) is 34.1 Å². The maximum absolute atomic E-state index is 2.46. The molecule has 646 valence electrons. The zero-order valence-electron chi connectivity index (χ0n) is 81.7. The van der Waals surface area contributed by atoms with Crippen LogP contribution in [0.5, 0.6) is 0 Å². The number of benzene rings is 14. The van der Waals surface area contributed by atoms with E-state index in [1.807, 2.05) is 235 Å². The second-order valence-electron chi connectivity index (χ2n) is 21.1. The van der Waals surface area contributed by atoms with E-state index in [0.29, 0.717) is 0 Å². The summed E-state index contributed by atoms with van der Waals surface area (Å²) in [7, 11) is 0. The molecule has 0 unspecified atom stereocenters. The molecule has 120 heavy (non-hydrogen) atoms. The van der Waals surface area contributed by atoms with E-state index >= 15 is 0 Å². The smallest absolute Gasteiger partial charge is 0.0631 e. The van der Waals surface area contributed by atoms with Crippen LogP contribution in [0, 0.1) is 0 Å². The number of hydrogen-bond acceptors (Lipinski definition) is 2. The highest BCUT2D eigenvalue weighted by atomic mass is 15.2. The lowest BCUT2D eigenvalue weighted by atomic mass is 9.77. The fourth-order valence-corrected chi connectivity index (χ4v) is 11.9. The van der Waals surface area contributed by atoms with Gasteiger partial charge in [0, 0.05) is 56.1 Å². The average molecular weight is 1610 g/mol. The van der Waals surface area contributed by atoms with Gasteiger partial charge in [0.1, 0.15) is 0 Å². The molecular formula is C118H164N2. The van der Waals surface area contributed by atoms with Gasteiger partial charge in [0.05, 0.1) is 11.4 Å². The van der Waals surface area contributed by atoms with Gasteiger partial charge in [-0.3, -0.25) is 0 Å². The predicted molar refractivity (Wildman–Crippen MR) is 559 cm³/mol. The zero-order chi connectivity index (χ0) is 91.7. The lowest BCUT2D eigenvalue weighted by Gasteiger charge is -2.35. The summed E-state index contributed by atoms with van der Waals surface area (Å²) in [6, 6.07) is 134. The van der Waals surface area contributed by atoms with E-state index < -0.39 is 0 Å². The van der Waals surface area contributed by atoms with Crippen LogP contribution in [0.1, 0.15) is 235 Å². The second-order valence-corrected chi connectivity index (χ2v) is 21.1. The lowest BCUT2D eigenvalue weighted by Crippen LogP contribution is -2.14. The van der Waals surface area contributed by atoms with Crippen molar-refractivity contribution in [2.75, 3.05) is 9.80 Å². The number of rotatable bonds is 14. The van der Waals surface area contributed by atoms with Gasteiger partial charge in [0.2, 0.25) is 0 Å². The first-order valence-electron chi connectivity index (χ1n) is 46.4. The highest BCUT2D eigenvalue weighted by Crippen LogP contribution is 2.59. The third kappa shape index (κ3) is 36.5. The Hall–Kier alpha value is -11.3. The molecular weight excluding hydrogens is 1450 g/mol. The molecule has 0 saturated carbocycles. The molecule has 0 atom stereocenters. The van der Waals surface area contributed by atoms with Gasteiger partial charge >= 0.3 is 0 Å². The van der Waals surface area contributed by atoms with E-state index in [-0.39, 0.29) is 0 Å². The van der Waals surface area contributed by atoms with Gasteiger partial charge < -0.3 is 9.80 Å². The largest absolute Gasteiger partial charge is 0.309 e. The van der Waals surface area contributed by atoms with E-state index in [0.717, 1.165) is 45.3 Å². The molecule has 14 rings (SSSR count). The standard InChI is InChI=1S/C48H35N.C36H27N.17C2H6/c1-8-22-36(23-9-1)43-44(37-24-10-2-11-25-37)46(39-28-14-4-15-29-39)48(49(41-32-18-6-19-33-41)42-34-20-7-21-35-42)47(40-30-16-5-17-31-40)45(43)38-26-12-3-13-27-38;1-6-16-28(17-7-1)31-26-34(29-18-8-2-9-19-29)36(35(27-31)30-20-10-3-11-21-30)37(32-22-12-4-13-23-32)33-24-14-5-15-25-33;17*1-2/h1-35H;1-27H;17*1-2H3.